The molecule has 1 aromatic carbocycles. The lowest BCUT2D eigenvalue weighted by Crippen LogP contribution is -2.46. The Kier molecular flexibility index (Phi) is 5.60. The number of hydrogen-bond donors (Lipinski definition) is 2. The fraction of sp³-hybridized carbons (Fsp3) is 0.579. The van der Waals surface area contributed by atoms with Gasteiger partial charge in [0.25, 0.3) is 0 Å². The van der Waals surface area contributed by atoms with Crippen molar-refractivity contribution in [2.75, 3.05) is 7.11 Å². The highest BCUT2D eigenvalue weighted by atomic mass is 16.6. The van der Waals surface area contributed by atoms with Gasteiger partial charge in [-0.15, -0.1) is 0 Å². The van der Waals surface area contributed by atoms with Gasteiger partial charge in [-0.1, -0.05) is 12.1 Å². The minimum absolute atomic E-state index is 0.0760. The van der Waals surface area contributed by atoms with Crippen LogP contribution >= 0.6 is 0 Å². The average Bonchev–Trinajstić information content (AvgIpc) is 2.53. The molecule has 6 nitrogen and oxygen atoms in total. The highest BCUT2D eigenvalue weighted by Gasteiger charge is 2.44. The van der Waals surface area contributed by atoms with Gasteiger partial charge < -0.3 is 19.9 Å². The Labute approximate surface area is 148 Å². The number of methoxy groups -OCH3 is 1. The van der Waals surface area contributed by atoms with E-state index < -0.39 is 23.1 Å². The summed E-state index contributed by atoms with van der Waals surface area (Å²) in [5.74, 6) is -0.191. The summed E-state index contributed by atoms with van der Waals surface area (Å²) >= 11 is 0. The number of benzene rings is 1. The third-order valence-electron chi connectivity index (χ3n) is 4.59. The third-order valence-corrected chi connectivity index (χ3v) is 4.59. The molecule has 1 aliphatic carbocycles. The van der Waals surface area contributed by atoms with E-state index in [1.807, 2.05) is 32.9 Å². The first-order valence-electron chi connectivity index (χ1n) is 8.54. The molecular weight excluding hydrogens is 322 g/mol. The fourth-order valence-corrected chi connectivity index (χ4v) is 3.28. The lowest BCUT2D eigenvalue weighted by Gasteiger charge is -2.37. The van der Waals surface area contributed by atoms with Gasteiger partial charge in [-0.3, -0.25) is 4.79 Å². The van der Waals surface area contributed by atoms with E-state index in [1.165, 1.54) is 0 Å². The lowest BCUT2D eigenvalue weighted by molar-refractivity contribution is -0.145. The lowest BCUT2D eigenvalue weighted by atomic mass is 9.68. The number of nitrogens with one attached hydrogen (secondary N) is 1. The van der Waals surface area contributed by atoms with E-state index in [-0.39, 0.29) is 6.04 Å². The number of carbonyl (C=O) groups is 2. The Morgan fingerprint density at radius 3 is 2.40 bits per heavy atom. The molecule has 25 heavy (non-hydrogen) atoms. The smallest absolute Gasteiger partial charge is 0.407 e. The fourth-order valence-electron chi connectivity index (χ4n) is 3.28. The van der Waals surface area contributed by atoms with E-state index in [2.05, 4.69) is 5.32 Å². The van der Waals surface area contributed by atoms with E-state index >= 15 is 0 Å². The van der Waals surface area contributed by atoms with Crippen LogP contribution in [0.25, 0.3) is 0 Å². The Balaban J connectivity index is 2.08. The molecule has 0 aromatic heterocycles. The van der Waals surface area contributed by atoms with E-state index in [4.69, 9.17) is 9.47 Å². The molecule has 0 spiro atoms. The van der Waals surface area contributed by atoms with Gasteiger partial charge in [0.15, 0.2) is 0 Å². The number of carbonyl (C=O) groups excluding carboxylic acids is 1. The number of rotatable bonds is 4. The van der Waals surface area contributed by atoms with Crippen LogP contribution in [0.4, 0.5) is 4.79 Å². The quantitative estimate of drug-likeness (QED) is 0.869. The molecule has 0 aliphatic heterocycles. The summed E-state index contributed by atoms with van der Waals surface area (Å²) in [6.45, 7) is 5.43. The molecule has 6 heteroatoms. The largest absolute Gasteiger partial charge is 0.497 e. The van der Waals surface area contributed by atoms with Crippen molar-refractivity contribution >= 4 is 12.1 Å². The molecule has 2 N–H and O–H groups in total. The molecule has 0 radical (unpaired) electrons. The third kappa shape index (κ3) is 4.65. The van der Waals surface area contributed by atoms with Gasteiger partial charge in [-0.25, -0.2) is 4.79 Å². The van der Waals surface area contributed by atoms with Gasteiger partial charge in [0.2, 0.25) is 0 Å². The highest BCUT2D eigenvalue weighted by Crippen LogP contribution is 2.41. The van der Waals surface area contributed by atoms with Crippen LogP contribution in [0.15, 0.2) is 24.3 Å². The number of carboxylic acids is 1. The molecule has 138 valence electrons. The van der Waals surface area contributed by atoms with Crippen molar-refractivity contribution in [1.82, 2.24) is 5.32 Å². The zero-order valence-corrected chi connectivity index (χ0v) is 15.3. The van der Waals surface area contributed by atoms with Crippen LogP contribution in [-0.4, -0.2) is 35.9 Å². The summed E-state index contributed by atoms with van der Waals surface area (Å²) in [5.41, 5.74) is -0.750. The molecule has 2 rings (SSSR count). The number of aliphatic carboxylic acids is 1. The van der Waals surface area contributed by atoms with Crippen molar-refractivity contribution in [3.05, 3.63) is 29.8 Å². The summed E-state index contributed by atoms with van der Waals surface area (Å²) < 4.78 is 10.5. The number of ether oxygens (including phenoxy) is 2. The maximum atomic E-state index is 12.0. The van der Waals surface area contributed by atoms with E-state index in [0.717, 1.165) is 5.56 Å². The standard InChI is InChI=1S/C19H27NO5/c1-18(2,3)25-17(23)20-14-8-10-19(11-9-14,16(21)22)13-6-5-7-15(12-13)24-4/h5-7,12,14H,8-11H2,1-4H3,(H,20,23)(H,21,22)/t14-,19+. The molecule has 0 atom stereocenters. The SMILES string of the molecule is COc1cccc([C@]2(C(=O)O)CC[C@@H](NC(=O)OC(C)(C)C)CC2)c1. The molecule has 1 amide bonds. The predicted octanol–water partition coefficient (Wildman–Crippen LogP) is 3.48. The second-order valence-electron chi connectivity index (χ2n) is 7.54. The molecule has 1 aromatic rings. The van der Waals surface area contributed by atoms with Crippen LogP contribution in [0.2, 0.25) is 0 Å². The number of amides is 1. The Morgan fingerprint density at radius 1 is 1.24 bits per heavy atom. The van der Waals surface area contributed by atoms with Crippen LogP contribution in [0.1, 0.15) is 52.0 Å². The van der Waals surface area contributed by atoms with Gasteiger partial charge in [-0.2, -0.15) is 0 Å². The van der Waals surface area contributed by atoms with E-state index in [9.17, 15) is 14.7 Å². The Bertz CT molecular complexity index is 627. The zero-order chi connectivity index (χ0) is 18.7. The van der Waals surface area contributed by atoms with Crippen molar-refractivity contribution in [2.24, 2.45) is 0 Å². The van der Waals surface area contributed by atoms with Crippen molar-refractivity contribution in [1.29, 1.82) is 0 Å². The second kappa shape index (κ2) is 7.33. The van der Waals surface area contributed by atoms with Crippen LogP contribution < -0.4 is 10.1 Å². The molecule has 1 aliphatic rings. The van der Waals surface area contributed by atoms with Crippen LogP contribution in [0.5, 0.6) is 5.75 Å². The van der Waals surface area contributed by atoms with Crippen LogP contribution in [-0.2, 0) is 14.9 Å². The zero-order valence-electron chi connectivity index (χ0n) is 15.3. The summed E-state index contributed by atoms with van der Waals surface area (Å²) in [4.78, 5) is 23.9. The molecule has 1 saturated carbocycles. The minimum Gasteiger partial charge on any atom is -0.497 e. The molecule has 0 bridgehead atoms. The molecular formula is C19H27NO5. The summed E-state index contributed by atoms with van der Waals surface area (Å²) in [6.07, 6.45) is 1.62. The number of carboxylic acid groups (broad SMARTS) is 1. The first-order valence-corrected chi connectivity index (χ1v) is 8.54. The van der Waals surface area contributed by atoms with Gasteiger partial charge in [0.05, 0.1) is 12.5 Å². The van der Waals surface area contributed by atoms with E-state index in [1.54, 1.807) is 19.2 Å². The Hall–Kier alpha value is -2.24. The average molecular weight is 349 g/mol. The van der Waals surface area contributed by atoms with Crippen molar-refractivity contribution in [2.45, 2.75) is 63.5 Å². The van der Waals surface area contributed by atoms with Gasteiger partial charge >= 0.3 is 12.1 Å². The predicted molar refractivity (Wildman–Crippen MR) is 93.9 cm³/mol. The van der Waals surface area contributed by atoms with Crippen molar-refractivity contribution in [3.63, 3.8) is 0 Å². The first-order chi connectivity index (χ1) is 11.7. The summed E-state index contributed by atoms with van der Waals surface area (Å²) in [6, 6.07) is 7.15. The molecule has 0 heterocycles. The van der Waals surface area contributed by atoms with Crippen LogP contribution in [0.3, 0.4) is 0 Å². The number of alkyl carbamates (subject to hydrolysis) is 1. The van der Waals surface area contributed by atoms with Gasteiger partial charge in [0, 0.05) is 6.04 Å². The van der Waals surface area contributed by atoms with E-state index in [0.29, 0.717) is 31.4 Å². The van der Waals surface area contributed by atoms with Crippen molar-refractivity contribution in [3.8, 4) is 5.75 Å². The first kappa shape index (κ1) is 19.1. The Morgan fingerprint density at radius 2 is 1.88 bits per heavy atom. The summed E-state index contributed by atoms with van der Waals surface area (Å²) in [7, 11) is 1.56. The summed E-state index contributed by atoms with van der Waals surface area (Å²) in [5, 5.41) is 12.7. The van der Waals surface area contributed by atoms with Gasteiger partial charge in [0.1, 0.15) is 11.4 Å². The minimum atomic E-state index is -0.944. The topological polar surface area (TPSA) is 84.9 Å². The number of hydrogen-bond acceptors (Lipinski definition) is 4. The van der Waals surface area contributed by atoms with Gasteiger partial charge in [-0.05, 0) is 64.2 Å². The maximum Gasteiger partial charge on any atom is 0.407 e. The molecule has 1 fully saturated rings. The maximum absolute atomic E-state index is 12.0. The normalized spacial score (nSPS) is 23.6. The van der Waals surface area contributed by atoms with Crippen LogP contribution in [0, 0.1) is 0 Å². The van der Waals surface area contributed by atoms with Crippen molar-refractivity contribution < 1.29 is 24.2 Å². The second-order valence-corrected chi connectivity index (χ2v) is 7.54. The molecule has 0 saturated heterocycles. The molecule has 0 unspecified atom stereocenters. The monoisotopic (exact) mass is 349 g/mol. The highest BCUT2D eigenvalue weighted by molar-refractivity contribution is 5.82.